The number of hydrogen-bond acceptors (Lipinski definition) is 15. The fourth-order valence-corrected chi connectivity index (χ4v) is 10.4. The van der Waals surface area contributed by atoms with Gasteiger partial charge in [-0.2, -0.15) is 0 Å². The van der Waals surface area contributed by atoms with Crippen LogP contribution in [0.3, 0.4) is 0 Å². The van der Waals surface area contributed by atoms with Crippen molar-refractivity contribution >= 4 is 81.6 Å². The number of carbonyl (C=O) groups is 11. The predicted molar refractivity (Wildman–Crippen MR) is 324 cm³/mol. The second kappa shape index (κ2) is 33.6. The molecule has 88 heavy (non-hydrogen) atoms. The number of guanidine groups is 1. The lowest BCUT2D eigenvalue weighted by molar-refractivity contribution is -0.142. The number of benzene rings is 3. The Bertz CT molecular complexity index is 3130. The Morgan fingerprint density at radius 1 is 0.693 bits per heavy atom. The zero-order valence-corrected chi connectivity index (χ0v) is 50.1. The number of amides is 9. The third-order valence-corrected chi connectivity index (χ3v) is 15.0. The molecule has 27 heteroatoms. The molecule has 2 heterocycles. The topological polar surface area (TPSA) is 442 Å². The van der Waals surface area contributed by atoms with E-state index in [0.717, 1.165) is 21.4 Å². The Balaban J connectivity index is 1.28. The van der Waals surface area contributed by atoms with E-state index in [1.165, 1.54) is 45.2 Å². The summed E-state index contributed by atoms with van der Waals surface area (Å²) < 4.78 is 0. The molecule has 0 saturated carbocycles. The van der Waals surface area contributed by atoms with Crippen molar-refractivity contribution in [1.29, 1.82) is 0 Å². The highest BCUT2D eigenvalue weighted by Crippen LogP contribution is 2.24. The number of β-amino-alcohol motifs (C(OH)–C–C–N with tert-alkyl or cyclic N) is 1. The van der Waals surface area contributed by atoms with Crippen LogP contribution in [-0.2, 0) is 67.2 Å². The monoisotopic (exact) mass is 1220 g/mol. The summed E-state index contributed by atoms with van der Waals surface area (Å²) in [7, 11) is 1.50. The maximum absolute atomic E-state index is 14.3. The summed E-state index contributed by atoms with van der Waals surface area (Å²) >= 11 is 0. The number of nitrogens with zero attached hydrogens (tertiary/aromatic N) is 2. The Kier molecular flexibility index (Phi) is 26.6. The molecular weight excluding hydrogens is 1140 g/mol. The van der Waals surface area contributed by atoms with Gasteiger partial charge in [0, 0.05) is 82.2 Å². The molecule has 1 aromatic heterocycles. The van der Waals surface area contributed by atoms with Gasteiger partial charge in [0.2, 0.25) is 41.4 Å². The van der Waals surface area contributed by atoms with Gasteiger partial charge in [0.25, 0.3) is 0 Å². The number of aliphatic hydroxyl groups is 2. The maximum Gasteiger partial charge on any atom is 0.315 e. The normalized spacial score (nSPS) is 16.8. The molecule has 3 aromatic carbocycles. The van der Waals surface area contributed by atoms with E-state index in [4.69, 9.17) is 17.2 Å². The van der Waals surface area contributed by atoms with Crippen LogP contribution in [0.5, 0.6) is 5.75 Å². The Morgan fingerprint density at radius 2 is 1.33 bits per heavy atom. The first-order valence-corrected chi connectivity index (χ1v) is 29.1. The molecule has 27 nitrogen and oxygen atoms in total. The predicted octanol–water partition coefficient (Wildman–Crippen LogP) is -0.688. The maximum atomic E-state index is 14.3. The molecule has 0 radical (unpaired) electrons. The summed E-state index contributed by atoms with van der Waals surface area (Å²) in [6.07, 6.45) is -2.90. The number of ketones is 3. The molecule has 476 valence electrons. The van der Waals surface area contributed by atoms with Gasteiger partial charge < -0.3 is 79.6 Å². The molecular formula is C61H83N13O14. The van der Waals surface area contributed by atoms with Crippen molar-refractivity contribution < 1.29 is 68.1 Å². The van der Waals surface area contributed by atoms with Gasteiger partial charge in [-0.1, -0.05) is 74.5 Å². The number of nitrogens with two attached hydrogens (primary N) is 3. The van der Waals surface area contributed by atoms with Gasteiger partial charge in [0.1, 0.15) is 23.9 Å². The van der Waals surface area contributed by atoms with Crippen molar-refractivity contribution in [3.63, 3.8) is 0 Å². The molecule has 0 bridgehead atoms. The molecule has 10 atom stereocenters. The number of hydrogen-bond donors (Lipinski definition) is 14. The number of rotatable bonds is 34. The lowest BCUT2D eigenvalue weighted by Crippen LogP contribution is -2.56. The third-order valence-electron chi connectivity index (χ3n) is 15.0. The molecule has 1 aliphatic heterocycles. The smallest absolute Gasteiger partial charge is 0.315 e. The molecule has 1 aliphatic rings. The SMILES string of the molecule is CN=C(N)NCCC[C@H](CC(=O)[C@H](CC(C)C)NC(=O)NCC(=O)[C@H](Cc1ccccc1)NC(=O)[C@@H](CC(=O)[C@H](CC(N)=O)NC(=O)[C@@H]1C[C@@H](O)CN1C(=O)[C@@H](Cc1ccc(O)cc1)NC(C)=O)[C@@H](C)O)C(=O)N[C@@H](Cc1c[nH]c2ccccc12)C(N)=O. The third kappa shape index (κ3) is 21.6. The number of phenols is 1. The van der Waals surface area contributed by atoms with Crippen molar-refractivity contribution in [2.24, 2.45) is 39.9 Å². The number of primary amides is 2. The number of H-pyrrole nitrogens is 1. The molecule has 17 N–H and O–H groups in total. The van der Waals surface area contributed by atoms with Crippen LogP contribution in [0, 0.1) is 17.8 Å². The number of nitrogens with one attached hydrogen (secondary N) is 8. The summed E-state index contributed by atoms with van der Waals surface area (Å²) in [5, 5.41) is 50.6. The van der Waals surface area contributed by atoms with E-state index in [1.807, 2.05) is 38.1 Å². The average molecular weight is 1220 g/mol. The standard InChI is InChI=1S/C61H83N13O14/c1-33(2)22-45(51(79)26-38(14-11-21-66-60(64)65-5)56(84)72-48(55(63)83)25-39-30-67-44-16-10-9-15-42(39)44)73-61(88)68-31-53(81)46(23-36-12-7-6-8-13-36)70-57(85)43(34(3)75)28-52(80)47(29-54(62)82)71-58(86)50-27-41(78)32-74(50)59(87)49(69-35(4)76)24-37-17-19-40(77)20-18-37/h6-10,12-13,15-20,30,33-34,38,41,43,45-50,67,75,77-78H,11,14,21-29,31-32H2,1-5H3,(H2,62,82)(H2,63,83)(H,69,76)(H,70,85)(H,71,86)(H,72,84)(H3,64,65,66)(H2,68,73,88)/t34-,38-,41-,43+,45+,46+,47+,48+,49-,50+/m1/s1. The van der Waals surface area contributed by atoms with Crippen LogP contribution < -0.4 is 54.4 Å². The molecule has 9 amide bonds. The molecule has 1 saturated heterocycles. The second-order valence-corrected chi connectivity index (χ2v) is 22.6. The van der Waals surface area contributed by atoms with Crippen LogP contribution in [-0.4, -0.2) is 171 Å². The van der Waals surface area contributed by atoms with E-state index in [2.05, 4.69) is 47.2 Å². The fourth-order valence-electron chi connectivity index (χ4n) is 10.4. The van der Waals surface area contributed by atoms with Crippen molar-refractivity contribution in [2.75, 3.05) is 26.7 Å². The second-order valence-electron chi connectivity index (χ2n) is 22.6. The van der Waals surface area contributed by atoms with E-state index in [-0.39, 0.29) is 75.7 Å². The van der Waals surface area contributed by atoms with Crippen LogP contribution in [0.15, 0.2) is 90.1 Å². The number of para-hydroxylation sites is 1. The number of aliphatic hydroxyl groups excluding tert-OH is 2. The van der Waals surface area contributed by atoms with Crippen LogP contribution in [0.2, 0.25) is 0 Å². The number of carbonyl (C=O) groups excluding carboxylic acids is 11. The zero-order chi connectivity index (χ0) is 64.8. The van der Waals surface area contributed by atoms with Crippen molar-refractivity contribution in [2.45, 2.75) is 140 Å². The summed E-state index contributed by atoms with van der Waals surface area (Å²) in [5.74, 6) is -10.7. The van der Waals surface area contributed by atoms with Gasteiger partial charge >= 0.3 is 6.03 Å². The number of urea groups is 1. The van der Waals surface area contributed by atoms with E-state index in [9.17, 15) is 68.1 Å². The number of aromatic hydroxyl groups is 1. The summed E-state index contributed by atoms with van der Waals surface area (Å²) in [6, 6.07) is 12.7. The van der Waals surface area contributed by atoms with E-state index in [1.54, 1.807) is 36.5 Å². The fraction of sp³-hybridized carbons (Fsp3) is 0.475. The zero-order valence-electron chi connectivity index (χ0n) is 50.1. The summed E-state index contributed by atoms with van der Waals surface area (Å²) in [4.78, 5) is 158. The lowest BCUT2D eigenvalue weighted by atomic mass is 9.90. The largest absolute Gasteiger partial charge is 0.508 e. The number of aliphatic imine (C=N–C) groups is 1. The van der Waals surface area contributed by atoms with E-state index < -0.39 is 144 Å². The van der Waals surface area contributed by atoms with Crippen molar-refractivity contribution in [3.8, 4) is 5.75 Å². The van der Waals surface area contributed by atoms with Gasteiger partial charge in [0.05, 0.1) is 49.2 Å². The van der Waals surface area contributed by atoms with Gasteiger partial charge in [-0.3, -0.25) is 52.9 Å². The number of likely N-dealkylation sites (tertiary alicyclic amines) is 1. The first kappa shape index (κ1) is 69.5. The van der Waals surface area contributed by atoms with Crippen molar-refractivity contribution in [3.05, 3.63) is 102 Å². The highest BCUT2D eigenvalue weighted by molar-refractivity contribution is 6.00. The summed E-state index contributed by atoms with van der Waals surface area (Å²) in [5.41, 5.74) is 19.8. The minimum absolute atomic E-state index is 0.0400. The minimum atomic E-state index is -1.71. The van der Waals surface area contributed by atoms with E-state index >= 15 is 0 Å². The number of aromatic nitrogens is 1. The Hall–Kier alpha value is -9.24. The highest BCUT2D eigenvalue weighted by Gasteiger charge is 2.43. The molecule has 0 spiro atoms. The molecule has 4 aromatic rings. The lowest BCUT2D eigenvalue weighted by Gasteiger charge is -2.30. The van der Waals surface area contributed by atoms with Crippen LogP contribution in [0.4, 0.5) is 4.79 Å². The number of Topliss-reactive ketones (excluding diaryl/α,β-unsaturated/α-hetero) is 3. The van der Waals surface area contributed by atoms with Gasteiger partial charge in [-0.25, -0.2) is 4.79 Å². The Morgan fingerprint density at radius 3 is 1.97 bits per heavy atom. The molecule has 5 rings (SSSR count). The van der Waals surface area contributed by atoms with E-state index in [0.29, 0.717) is 17.5 Å². The first-order valence-electron chi connectivity index (χ1n) is 29.1. The summed E-state index contributed by atoms with van der Waals surface area (Å²) in [6.45, 7) is 5.26. The van der Waals surface area contributed by atoms with Gasteiger partial charge in [-0.05, 0) is 73.4 Å². The van der Waals surface area contributed by atoms with Crippen LogP contribution in [0.1, 0.15) is 89.3 Å². The van der Waals surface area contributed by atoms with Crippen LogP contribution in [0.25, 0.3) is 10.9 Å². The van der Waals surface area contributed by atoms with Gasteiger partial charge in [-0.15, -0.1) is 0 Å². The quantitative estimate of drug-likeness (QED) is 0.0156. The molecule has 0 unspecified atom stereocenters. The highest BCUT2D eigenvalue weighted by atomic mass is 16.3. The van der Waals surface area contributed by atoms with Gasteiger partial charge in [0.15, 0.2) is 23.3 Å². The number of aromatic amines is 1. The average Bonchev–Trinajstić information content (AvgIpc) is 2.76. The minimum Gasteiger partial charge on any atom is -0.508 e. The van der Waals surface area contributed by atoms with Crippen LogP contribution >= 0.6 is 0 Å². The number of fused-ring (bicyclic) bond motifs is 1. The Labute approximate surface area is 509 Å². The molecule has 1 fully saturated rings. The number of phenolic OH excluding ortho intramolecular Hbond substituents is 1. The first-order chi connectivity index (χ1) is 41.7. The molecule has 0 aliphatic carbocycles. The van der Waals surface area contributed by atoms with Crippen molar-refractivity contribution in [1.82, 2.24) is 47.1 Å².